The Morgan fingerprint density at radius 1 is 1.24 bits per heavy atom. The zero-order valence-electron chi connectivity index (χ0n) is 17.3. The standard InChI is InChI=1S/C23H31N3O3/c1-4-14-24-22(28)19(16-17(2)3)25-23(29)20-11-8-15-26(20)21(27)13-12-18-9-6-5-7-10-18/h4-7,9-10,12-13,17,19-20H,1,8,11,14-16H2,2-3H3,(H,24,28)(H,25,29)/b13-12+/t19-,20-/m0/s1. The Balaban J connectivity index is 2.03. The molecule has 0 bridgehead atoms. The van der Waals surface area contributed by atoms with Gasteiger partial charge in [0.05, 0.1) is 0 Å². The monoisotopic (exact) mass is 397 g/mol. The highest BCUT2D eigenvalue weighted by Gasteiger charge is 2.35. The molecule has 2 atom stereocenters. The van der Waals surface area contributed by atoms with Crippen molar-refractivity contribution in [2.45, 2.75) is 45.2 Å². The summed E-state index contributed by atoms with van der Waals surface area (Å²) in [7, 11) is 0. The van der Waals surface area contributed by atoms with Crippen LogP contribution in [0.5, 0.6) is 0 Å². The number of amides is 3. The first-order chi connectivity index (χ1) is 13.9. The van der Waals surface area contributed by atoms with E-state index in [-0.39, 0.29) is 23.6 Å². The zero-order chi connectivity index (χ0) is 21.2. The molecule has 2 rings (SSSR count). The van der Waals surface area contributed by atoms with E-state index in [0.29, 0.717) is 25.9 Å². The molecular formula is C23H31N3O3. The van der Waals surface area contributed by atoms with Crippen molar-refractivity contribution in [1.82, 2.24) is 15.5 Å². The predicted octanol–water partition coefficient (Wildman–Crippen LogP) is 2.52. The van der Waals surface area contributed by atoms with E-state index in [1.54, 1.807) is 17.1 Å². The first-order valence-corrected chi connectivity index (χ1v) is 10.1. The minimum absolute atomic E-state index is 0.192. The topological polar surface area (TPSA) is 78.5 Å². The van der Waals surface area contributed by atoms with Gasteiger partial charge in [0, 0.05) is 19.2 Å². The van der Waals surface area contributed by atoms with Crippen LogP contribution >= 0.6 is 0 Å². The number of rotatable bonds is 9. The molecule has 156 valence electrons. The van der Waals surface area contributed by atoms with Crippen molar-refractivity contribution in [2.75, 3.05) is 13.1 Å². The van der Waals surface area contributed by atoms with Gasteiger partial charge in [-0.05, 0) is 36.8 Å². The number of carbonyl (C=O) groups excluding carboxylic acids is 3. The van der Waals surface area contributed by atoms with Crippen molar-refractivity contribution in [3.8, 4) is 0 Å². The highest BCUT2D eigenvalue weighted by molar-refractivity contribution is 5.97. The van der Waals surface area contributed by atoms with Crippen molar-refractivity contribution < 1.29 is 14.4 Å². The molecule has 0 spiro atoms. The summed E-state index contributed by atoms with van der Waals surface area (Å²) in [6.07, 6.45) is 6.75. The van der Waals surface area contributed by atoms with Crippen molar-refractivity contribution >= 4 is 23.8 Å². The van der Waals surface area contributed by atoms with Crippen LogP contribution in [0.2, 0.25) is 0 Å². The number of nitrogens with one attached hydrogen (secondary N) is 2. The van der Waals surface area contributed by atoms with Crippen LogP contribution in [0, 0.1) is 5.92 Å². The summed E-state index contributed by atoms with van der Waals surface area (Å²) in [5.41, 5.74) is 0.928. The molecule has 1 heterocycles. The van der Waals surface area contributed by atoms with E-state index in [9.17, 15) is 14.4 Å². The van der Waals surface area contributed by atoms with Gasteiger partial charge in [-0.1, -0.05) is 50.3 Å². The smallest absolute Gasteiger partial charge is 0.247 e. The second-order valence-electron chi connectivity index (χ2n) is 7.66. The third kappa shape index (κ3) is 6.89. The molecule has 0 saturated carbocycles. The number of benzene rings is 1. The molecule has 6 nitrogen and oxygen atoms in total. The van der Waals surface area contributed by atoms with Gasteiger partial charge in [-0.15, -0.1) is 6.58 Å². The lowest BCUT2D eigenvalue weighted by molar-refractivity contribution is -0.136. The summed E-state index contributed by atoms with van der Waals surface area (Å²) in [5.74, 6) is -0.455. The van der Waals surface area contributed by atoms with Crippen LogP contribution in [-0.2, 0) is 14.4 Å². The van der Waals surface area contributed by atoms with E-state index in [1.165, 1.54) is 6.08 Å². The van der Waals surface area contributed by atoms with Crippen LogP contribution in [0.25, 0.3) is 6.08 Å². The van der Waals surface area contributed by atoms with Gasteiger partial charge in [0.25, 0.3) is 0 Å². The van der Waals surface area contributed by atoms with Gasteiger partial charge in [0.1, 0.15) is 12.1 Å². The van der Waals surface area contributed by atoms with Gasteiger partial charge >= 0.3 is 0 Å². The van der Waals surface area contributed by atoms with Crippen LogP contribution in [0.1, 0.15) is 38.7 Å². The summed E-state index contributed by atoms with van der Waals surface area (Å²) in [5, 5.41) is 5.60. The van der Waals surface area contributed by atoms with E-state index in [0.717, 1.165) is 12.0 Å². The molecule has 0 radical (unpaired) electrons. The normalized spacial score (nSPS) is 17.3. The maximum atomic E-state index is 12.9. The van der Waals surface area contributed by atoms with Crippen LogP contribution in [0.15, 0.2) is 49.1 Å². The van der Waals surface area contributed by atoms with E-state index in [4.69, 9.17) is 0 Å². The van der Waals surface area contributed by atoms with Gasteiger partial charge < -0.3 is 15.5 Å². The van der Waals surface area contributed by atoms with Crippen LogP contribution in [0.4, 0.5) is 0 Å². The fourth-order valence-electron chi connectivity index (χ4n) is 3.40. The highest BCUT2D eigenvalue weighted by Crippen LogP contribution is 2.19. The number of nitrogens with zero attached hydrogens (tertiary/aromatic N) is 1. The molecule has 1 aliphatic heterocycles. The Morgan fingerprint density at radius 2 is 1.97 bits per heavy atom. The number of carbonyl (C=O) groups is 3. The Morgan fingerprint density at radius 3 is 2.62 bits per heavy atom. The highest BCUT2D eigenvalue weighted by atomic mass is 16.2. The summed E-state index contributed by atoms with van der Waals surface area (Å²) >= 11 is 0. The van der Waals surface area contributed by atoms with E-state index < -0.39 is 12.1 Å². The molecule has 0 aliphatic carbocycles. The largest absolute Gasteiger partial charge is 0.351 e. The molecule has 3 amide bonds. The molecule has 0 aromatic heterocycles. The lowest BCUT2D eigenvalue weighted by Crippen LogP contribution is -2.53. The number of hydrogen-bond acceptors (Lipinski definition) is 3. The van der Waals surface area contributed by atoms with E-state index >= 15 is 0 Å². The summed E-state index contributed by atoms with van der Waals surface area (Å²) in [6.45, 7) is 8.48. The Labute approximate surface area is 173 Å². The van der Waals surface area contributed by atoms with Gasteiger partial charge in [-0.2, -0.15) is 0 Å². The molecule has 1 fully saturated rings. The molecular weight excluding hydrogens is 366 g/mol. The summed E-state index contributed by atoms with van der Waals surface area (Å²) in [4.78, 5) is 39.5. The zero-order valence-corrected chi connectivity index (χ0v) is 17.3. The molecule has 0 unspecified atom stereocenters. The lowest BCUT2D eigenvalue weighted by Gasteiger charge is -2.26. The van der Waals surface area contributed by atoms with Gasteiger partial charge in [0.15, 0.2) is 0 Å². The molecule has 1 aliphatic rings. The summed E-state index contributed by atoms with van der Waals surface area (Å²) in [6, 6.07) is 8.38. The molecule has 1 aromatic carbocycles. The van der Waals surface area contributed by atoms with Crippen molar-refractivity contribution in [3.05, 3.63) is 54.6 Å². The number of likely N-dealkylation sites (tertiary alicyclic amines) is 1. The molecule has 1 aromatic rings. The quantitative estimate of drug-likeness (QED) is 0.496. The third-order valence-corrected chi connectivity index (χ3v) is 4.82. The fraction of sp³-hybridized carbons (Fsp3) is 0.435. The van der Waals surface area contributed by atoms with Gasteiger partial charge in [-0.3, -0.25) is 14.4 Å². The lowest BCUT2D eigenvalue weighted by atomic mass is 10.0. The molecule has 1 saturated heterocycles. The van der Waals surface area contributed by atoms with Crippen LogP contribution < -0.4 is 10.6 Å². The second-order valence-corrected chi connectivity index (χ2v) is 7.66. The van der Waals surface area contributed by atoms with Crippen molar-refractivity contribution in [1.29, 1.82) is 0 Å². The van der Waals surface area contributed by atoms with E-state index in [1.807, 2.05) is 44.2 Å². The first-order valence-electron chi connectivity index (χ1n) is 10.1. The van der Waals surface area contributed by atoms with Gasteiger partial charge in [0.2, 0.25) is 17.7 Å². The fourth-order valence-corrected chi connectivity index (χ4v) is 3.40. The Bertz CT molecular complexity index is 743. The van der Waals surface area contributed by atoms with Crippen LogP contribution in [0.3, 0.4) is 0 Å². The van der Waals surface area contributed by atoms with E-state index in [2.05, 4.69) is 17.2 Å². The number of hydrogen-bond donors (Lipinski definition) is 2. The van der Waals surface area contributed by atoms with Crippen molar-refractivity contribution in [2.24, 2.45) is 5.92 Å². The first kappa shape index (κ1) is 22.4. The third-order valence-electron chi connectivity index (χ3n) is 4.82. The average Bonchev–Trinajstić information content (AvgIpc) is 3.20. The molecule has 29 heavy (non-hydrogen) atoms. The minimum Gasteiger partial charge on any atom is -0.351 e. The maximum absolute atomic E-state index is 12.9. The maximum Gasteiger partial charge on any atom is 0.247 e. The molecule has 2 N–H and O–H groups in total. The second kappa shape index (κ2) is 11.2. The SMILES string of the molecule is C=CCNC(=O)[C@H](CC(C)C)NC(=O)[C@@H]1CCCN1C(=O)/C=C/c1ccccc1. The minimum atomic E-state index is -0.625. The molecule has 6 heteroatoms. The predicted molar refractivity (Wildman–Crippen MR) is 115 cm³/mol. The average molecular weight is 398 g/mol. The van der Waals surface area contributed by atoms with Crippen molar-refractivity contribution in [3.63, 3.8) is 0 Å². The van der Waals surface area contributed by atoms with Crippen LogP contribution in [-0.4, -0.2) is 47.8 Å². The van der Waals surface area contributed by atoms with Gasteiger partial charge in [-0.25, -0.2) is 0 Å². The Hall–Kier alpha value is -2.89. The summed E-state index contributed by atoms with van der Waals surface area (Å²) < 4.78 is 0. The Kier molecular flexibility index (Phi) is 8.65.